The number of benzene rings is 2. The van der Waals surface area contributed by atoms with Gasteiger partial charge in [0.2, 0.25) is 0 Å². The second-order valence-corrected chi connectivity index (χ2v) is 4.03. The number of nitrogens with zero attached hydrogens (tertiary/aromatic N) is 1. The van der Waals surface area contributed by atoms with Gasteiger partial charge in [0.15, 0.2) is 0 Å². The zero-order chi connectivity index (χ0) is 12.8. The molecule has 0 aromatic heterocycles. The molecule has 3 nitrogen and oxygen atoms in total. The van der Waals surface area contributed by atoms with Crippen LogP contribution in [0.15, 0.2) is 53.6 Å². The zero-order valence-corrected chi connectivity index (χ0v) is 10.7. The van der Waals surface area contributed by atoms with Gasteiger partial charge in [-0.2, -0.15) is 5.10 Å². The summed E-state index contributed by atoms with van der Waals surface area (Å²) < 4.78 is 5.08. The van der Waals surface area contributed by atoms with E-state index in [-0.39, 0.29) is 0 Å². The Labute approximate surface area is 111 Å². The first-order valence-corrected chi connectivity index (χ1v) is 5.85. The van der Waals surface area contributed by atoms with Crippen molar-refractivity contribution in [3.05, 3.63) is 59.1 Å². The number of nitrogens with one attached hydrogen (secondary N) is 1. The molecule has 0 fully saturated rings. The zero-order valence-electron chi connectivity index (χ0n) is 9.93. The second kappa shape index (κ2) is 6.07. The fourth-order valence-electron chi connectivity index (χ4n) is 1.42. The maximum atomic E-state index is 5.99. The van der Waals surface area contributed by atoms with E-state index in [1.165, 1.54) is 0 Å². The van der Waals surface area contributed by atoms with E-state index in [1.807, 2.05) is 48.5 Å². The Morgan fingerprint density at radius 3 is 2.50 bits per heavy atom. The first-order valence-electron chi connectivity index (χ1n) is 5.47. The topological polar surface area (TPSA) is 33.6 Å². The van der Waals surface area contributed by atoms with Crippen molar-refractivity contribution < 1.29 is 4.74 Å². The predicted octanol–water partition coefficient (Wildman–Crippen LogP) is 3.79. The van der Waals surface area contributed by atoms with Crippen LogP contribution in [0.5, 0.6) is 5.75 Å². The molecule has 0 aliphatic carbocycles. The standard InChI is InChI=1S/C14H13ClN2O/c1-18-12-8-6-11(7-9-12)10-16-17-14-5-3-2-4-13(14)15/h2-10,17H,1H3/b16-10-. The molecule has 2 rings (SSSR count). The summed E-state index contributed by atoms with van der Waals surface area (Å²) in [6.45, 7) is 0. The molecule has 0 spiro atoms. The highest BCUT2D eigenvalue weighted by Crippen LogP contribution is 2.20. The number of rotatable bonds is 4. The minimum Gasteiger partial charge on any atom is -0.497 e. The highest BCUT2D eigenvalue weighted by atomic mass is 35.5. The van der Waals surface area contributed by atoms with Crippen molar-refractivity contribution >= 4 is 23.5 Å². The molecule has 0 unspecified atom stereocenters. The molecule has 0 atom stereocenters. The third kappa shape index (κ3) is 3.25. The van der Waals surface area contributed by atoms with Crippen LogP contribution in [-0.4, -0.2) is 13.3 Å². The van der Waals surface area contributed by atoms with E-state index in [1.54, 1.807) is 13.3 Å². The van der Waals surface area contributed by atoms with Crippen LogP contribution < -0.4 is 10.2 Å². The Balaban J connectivity index is 2.01. The Hall–Kier alpha value is -2.00. The first kappa shape index (κ1) is 12.5. The van der Waals surface area contributed by atoms with Gasteiger partial charge in [-0.25, -0.2) is 0 Å². The molecule has 0 aliphatic heterocycles. The van der Waals surface area contributed by atoms with Crippen LogP contribution in [0.3, 0.4) is 0 Å². The van der Waals surface area contributed by atoms with Gasteiger partial charge in [0, 0.05) is 0 Å². The van der Waals surface area contributed by atoms with Crippen LogP contribution in [0.4, 0.5) is 5.69 Å². The van der Waals surface area contributed by atoms with Gasteiger partial charge < -0.3 is 4.74 Å². The molecule has 2 aromatic rings. The fraction of sp³-hybridized carbons (Fsp3) is 0.0714. The average molecular weight is 261 g/mol. The van der Waals surface area contributed by atoms with Crippen molar-refractivity contribution in [1.82, 2.24) is 0 Å². The molecule has 0 aliphatic rings. The molecule has 0 saturated heterocycles. The van der Waals surface area contributed by atoms with Gasteiger partial charge in [0.25, 0.3) is 0 Å². The van der Waals surface area contributed by atoms with Gasteiger partial charge in [-0.1, -0.05) is 23.7 Å². The van der Waals surface area contributed by atoms with Crippen LogP contribution >= 0.6 is 11.6 Å². The molecule has 0 saturated carbocycles. The van der Waals surface area contributed by atoms with Crippen LogP contribution in [0.25, 0.3) is 0 Å². The largest absolute Gasteiger partial charge is 0.497 e. The van der Waals surface area contributed by atoms with Crippen molar-refractivity contribution in [3.63, 3.8) is 0 Å². The lowest BCUT2D eigenvalue weighted by atomic mass is 10.2. The van der Waals surface area contributed by atoms with Crippen LogP contribution in [0.2, 0.25) is 5.02 Å². The van der Waals surface area contributed by atoms with E-state index in [2.05, 4.69) is 10.5 Å². The number of para-hydroxylation sites is 1. The van der Waals surface area contributed by atoms with Crippen molar-refractivity contribution in [3.8, 4) is 5.75 Å². The van der Waals surface area contributed by atoms with Gasteiger partial charge in [0.1, 0.15) is 5.75 Å². The van der Waals surface area contributed by atoms with Gasteiger partial charge in [0.05, 0.1) is 24.0 Å². The molecule has 2 aromatic carbocycles. The number of anilines is 1. The third-order valence-corrected chi connectivity index (χ3v) is 2.72. The first-order chi connectivity index (χ1) is 8.79. The van der Waals surface area contributed by atoms with Crippen LogP contribution in [-0.2, 0) is 0 Å². The predicted molar refractivity (Wildman–Crippen MR) is 75.7 cm³/mol. The maximum Gasteiger partial charge on any atom is 0.118 e. The monoisotopic (exact) mass is 260 g/mol. The quantitative estimate of drug-likeness (QED) is 0.670. The van der Waals surface area contributed by atoms with E-state index in [4.69, 9.17) is 16.3 Å². The summed E-state index contributed by atoms with van der Waals surface area (Å²) in [5.41, 5.74) is 4.66. The van der Waals surface area contributed by atoms with Crippen molar-refractivity contribution in [2.45, 2.75) is 0 Å². The number of methoxy groups -OCH3 is 1. The highest BCUT2D eigenvalue weighted by molar-refractivity contribution is 6.33. The van der Waals surface area contributed by atoms with Crippen molar-refractivity contribution in [2.24, 2.45) is 5.10 Å². The second-order valence-electron chi connectivity index (χ2n) is 3.62. The molecule has 4 heteroatoms. The molecule has 0 radical (unpaired) electrons. The van der Waals surface area contributed by atoms with Crippen LogP contribution in [0.1, 0.15) is 5.56 Å². The molecule has 0 amide bonds. The van der Waals surface area contributed by atoms with Gasteiger partial charge in [-0.15, -0.1) is 0 Å². The number of hydrogen-bond acceptors (Lipinski definition) is 3. The summed E-state index contributed by atoms with van der Waals surface area (Å²) in [5, 5.41) is 4.77. The fourth-order valence-corrected chi connectivity index (χ4v) is 1.60. The molecule has 92 valence electrons. The van der Waals surface area contributed by atoms with E-state index < -0.39 is 0 Å². The summed E-state index contributed by atoms with van der Waals surface area (Å²) >= 11 is 5.99. The van der Waals surface area contributed by atoms with Gasteiger partial charge in [-0.3, -0.25) is 5.43 Å². The summed E-state index contributed by atoms with van der Waals surface area (Å²) in [4.78, 5) is 0. The minimum atomic E-state index is 0.643. The lowest BCUT2D eigenvalue weighted by Gasteiger charge is -2.02. The smallest absolute Gasteiger partial charge is 0.118 e. The number of hydrazone groups is 1. The third-order valence-electron chi connectivity index (χ3n) is 2.39. The summed E-state index contributed by atoms with van der Waals surface area (Å²) in [5.74, 6) is 0.825. The van der Waals surface area contributed by atoms with Gasteiger partial charge >= 0.3 is 0 Å². The Morgan fingerprint density at radius 1 is 1.11 bits per heavy atom. The molecular weight excluding hydrogens is 248 g/mol. The Morgan fingerprint density at radius 2 is 1.83 bits per heavy atom. The molecule has 1 N–H and O–H groups in total. The number of halogens is 1. The molecule has 18 heavy (non-hydrogen) atoms. The molecule has 0 bridgehead atoms. The van der Waals surface area contributed by atoms with Crippen molar-refractivity contribution in [1.29, 1.82) is 0 Å². The summed E-state index contributed by atoms with van der Waals surface area (Å²) in [6.07, 6.45) is 1.72. The van der Waals surface area contributed by atoms with E-state index in [0.717, 1.165) is 17.0 Å². The number of ether oxygens (including phenoxy) is 1. The maximum absolute atomic E-state index is 5.99. The van der Waals surface area contributed by atoms with Crippen molar-refractivity contribution in [2.75, 3.05) is 12.5 Å². The summed E-state index contributed by atoms with van der Waals surface area (Å²) in [7, 11) is 1.64. The average Bonchev–Trinajstić information content (AvgIpc) is 2.42. The summed E-state index contributed by atoms with van der Waals surface area (Å²) in [6, 6.07) is 15.1. The van der Waals surface area contributed by atoms with E-state index in [9.17, 15) is 0 Å². The Bertz CT molecular complexity index is 538. The lowest BCUT2D eigenvalue weighted by molar-refractivity contribution is 0.415. The molecule has 0 heterocycles. The normalized spacial score (nSPS) is 10.6. The van der Waals surface area contributed by atoms with E-state index >= 15 is 0 Å². The number of hydrogen-bond donors (Lipinski definition) is 1. The SMILES string of the molecule is COc1ccc(/C=N\Nc2ccccc2Cl)cc1. The van der Waals surface area contributed by atoms with E-state index in [0.29, 0.717) is 5.02 Å². The van der Waals surface area contributed by atoms with Crippen LogP contribution in [0, 0.1) is 0 Å². The minimum absolute atomic E-state index is 0.643. The highest BCUT2D eigenvalue weighted by Gasteiger charge is 1.95. The lowest BCUT2D eigenvalue weighted by Crippen LogP contribution is -1.91. The van der Waals surface area contributed by atoms with Gasteiger partial charge in [-0.05, 0) is 42.0 Å². The molecular formula is C14H13ClN2O. The Kier molecular flexibility index (Phi) is 4.20.